The average Bonchev–Trinajstić information content (AvgIpc) is 3.48. The molecule has 0 spiro atoms. The average molecular weight is 532 g/mol. The molecule has 12 heteroatoms. The number of aryl methyl sites for hydroxylation is 1. The highest BCUT2D eigenvalue weighted by Crippen LogP contribution is 2.38. The zero-order valence-electron chi connectivity index (χ0n) is 21.5. The Hall–Kier alpha value is -4.50. The molecule has 0 bridgehead atoms. The predicted molar refractivity (Wildman–Crippen MR) is 140 cm³/mol. The standard InChI is InChI=1S/C27H24F3N9/c1-36(2)23-14-38(8-6-18(23)28)26-27-33-24(15-4-5-16(13-31)19(29)10-15)25(39(27)9-7-32-26)17-11-21-22(12-20(17)30)37(3)35-34-21/h4-5,7,9-12,18,23H,6,8,14H2,1-3H3/t18-,23+/m1/s1. The molecule has 2 aromatic carbocycles. The number of likely N-dealkylation sites (N-methyl/N-ethyl adjacent to an activating group) is 1. The van der Waals surface area contributed by atoms with E-state index in [2.05, 4.69) is 15.3 Å². The molecular weight excluding hydrogens is 507 g/mol. The predicted octanol–water partition coefficient (Wildman–Crippen LogP) is 3.97. The Balaban J connectivity index is 1.60. The summed E-state index contributed by atoms with van der Waals surface area (Å²) in [5.74, 6) is -0.728. The Morgan fingerprint density at radius 2 is 1.95 bits per heavy atom. The van der Waals surface area contributed by atoms with Crippen molar-refractivity contribution in [1.29, 1.82) is 5.26 Å². The Labute approximate surface area is 221 Å². The first-order valence-corrected chi connectivity index (χ1v) is 12.4. The van der Waals surface area contributed by atoms with E-state index >= 15 is 4.39 Å². The summed E-state index contributed by atoms with van der Waals surface area (Å²) < 4.78 is 48.3. The van der Waals surface area contributed by atoms with Crippen molar-refractivity contribution < 1.29 is 13.2 Å². The lowest BCUT2D eigenvalue weighted by molar-refractivity contribution is 0.137. The van der Waals surface area contributed by atoms with Crippen LogP contribution in [0.4, 0.5) is 19.0 Å². The maximum absolute atomic E-state index is 15.7. The van der Waals surface area contributed by atoms with Gasteiger partial charge in [0, 0.05) is 49.7 Å². The van der Waals surface area contributed by atoms with Gasteiger partial charge in [-0.25, -0.2) is 27.8 Å². The number of nitrogens with zero attached hydrogens (tertiary/aromatic N) is 9. The SMILES string of the molecule is CN(C)[C@H]1CN(c2nccn3c(-c4cc5nnn(C)c5cc4F)c(-c4ccc(C#N)c(F)c4)nc23)CC[C@H]1F. The van der Waals surface area contributed by atoms with Gasteiger partial charge in [-0.2, -0.15) is 5.26 Å². The van der Waals surface area contributed by atoms with E-state index in [0.29, 0.717) is 59.0 Å². The summed E-state index contributed by atoms with van der Waals surface area (Å²) in [7, 11) is 5.35. The van der Waals surface area contributed by atoms with Crippen molar-refractivity contribution in [2.75, 3.05) is 32.1 Å². The van der Waals surface area contributed by atoms with Crippen LogP contribution in [0, 0.1) is 23.0 Å². The number of halogens is 3. The second-order valence-electron chi connectivity index (χ2n) is 9.88. The van der Waals surface area contributed by atoms with Gasteiger partial charge in [0.05, 0.1) is 28.5 Å². The first kappa shape index (κ1) is 24.8. The third-order valence-corrected chi connectivity index (χ3v) is 7.30. The minimum atomic E-state index is -0.976. The lowest BCUT2D eigenvalue weighted by Crippen LogP contribution is -2.52. The van der Waals surface area contributed by atoms with Gasteiger partial charge >= 0.3 is 0 Å². The number of anilines is 1. The van der Waals surface area contributed by atoms with E-state index in [1.807, 2.05) is 30.0 Å². The Morgan fingerprint density at radius 3 is 2.69 bits per heavy atom. The molecule has 0 amide bonds. The smallest absolute Gasteiger partial charge is 0.181 e. The van der Waals surface area contributed by atoms with E-state index in [9.17, 15) is 14.0 Å². The molecule has 0 N–H and O–H groups in total. The van der Waals surface area contributed by atoms with Gasteiger partial charge in [-0.3, -0.25) is 4.40 Å². The molecule has 39 heavy (non-hydrogen) atoms. The van der Waals surface area contributed by atoms with Gasteiger partial charge in [-0.1, -0.05) is 11.3 Å². The zero-order chi connectivity index (χ0) is 27.4. The second kappa shape index (κ2) is 9.36. The minimum absolute atomic E-state index is 0.109. The second-order valence-corrected chi connectivity index (χ2v) is 9.88. The minimum Gasteiger partial charge on any atom is -0.352 e. The van der Waals surface area contributed by atoms with Crippen LogP contribution in [0.5, 0.6) is 0 Å². The number of aromatic nitrogens is 6. The van der Waals surface area contributed by atoms with Gasteiger partial charge in [0.2, 0.25) is 0 Å². The summed E-state index contributed by atoms with van der Waals surface area (Å²) in [6, 6.07) is 8.58. The lowest BCUT2D eigenvalue weighted by Gasteiger charge is -2.38. The molecule has 0 saturated carbocycles. The highest BCUT2D eigenvalue weighted by atomic mass is 19.1. The van der Waals surface area contributed by atoms with Gasteiger partial charge in [-0.05, 0) is 38.7 Å². The number of rotatable bonds is 4. The normalized spacial score (nSPS) is 17.8. The van der Waals surface area contributed by atoms with Gasteiger partial charge in [0.15, 0.2) is 11.5 Å². The lowest BCUT2D eigenvalue weighted by atomic mass is 10.0. The van der Waals surface area contributed by atoms with E-state index in [0.717, 1.165) is 0 Å². The van der Waals surface area contributed by atoms with Crippen molar-refractivity contribution in [3.8, 4) is 28.6 Å². The Morgan fingerprint density at radius 1 is 1.13 bits per heavy atom. The molecule has 1 fully saturated rings. The molecule has 3 aromatic heterocycles. The monoisotopic (exact) mass is 531 g/mol. The van der Waals surface area contributed by atoms with E-state index in [1.165, 1.54) is 22.9 Å². The topological polar surface area (TPSA) is 91.2 Å². The maximum Gasteiger partial charge on any atom is 0.181 e. The third-order valence-electron chi connectivity index (χ3n) is 7.30. The molecule has 198 valence electrons. The first-order chi connectivity index (χ1) is 18.8. The summed E-state index contributed by atoms with van der Waals surface area (Å²) in [4.78, 5) is 13.2. The highest BCUT2D eigenvalue weighted by Gasteiger charge is 2.33. The number of piperidine rings is 1. The van der Waals surface area contributed by atoms with Crippen molar-refractivity contribution in [2.24, 2.45) is 7.05 Å². The third kappa shape index (κ3) is 4.06. The fraction of sp³-hybridized carbons (Fsp3) is 0.296. The molecule has 0 unspecified atom stereocenters. The first-order valence-electron chi connectivity index (χ1n) is 12.4. The molecule has 2 atom stereocenters. The molecule has 5 aromatic rings. The van der Waals surface area contributed by atoms with Crippen LogP contribution in [0.1, 0.15) is 12.0 Å². The number of nitriles is 1. The molecule has 1 aliphatic heterocycles. The van der Waals surface area contributed by atoms with Gasteiger partial charge in [-0.15, -0.1) is 5.10 Å². The molecule has 9 nitrogen and oxygen atoms in total. The number of hydrogen-bond acceptors (Lipinski definition) is 7. The summed E-state index contributed by atoms with van der Waals surface area (Å²) >= 11 is 0. The molecule has 0 radical (unpaired) electrons. The Kier molecular flexibility index (Phi) is 5.95. The summed E-state index contributed by atoms with van der Waals surface area (Å²) in [5, 5.41) is 17.3. The molecule has 1 saturated heterocycles. The van der Waals surface area contributed by atoms with Crippen LogP contribution in [0.2, 0.25) is 0 Å². The van der Waals surface area contributed by atoms with Crippen molar-refractivity contribution in [3.05, 3.63) is 59.9 Å². The van der Waals surface area contributed by atoms with Crippen LogP contribution in [0.15, 0.2) is 42.7 Å². The van der Waals surface area contributed by atoms with Gasteiger partial charge in [0.1, 0.15) is 29.4 Å². The maximum atomic E-state index is 15.7. The fourth-order valence-corrected chi connectivity index (χ4v) is 5.22. The van der Waals surface area contributed by atoms with Crippen LogP contribution >= 0.6 is 0 Å². The summed E-state index contributed by atoms with van der Waals surface area (Å²) in [5.41, 5.74) is 2.54. The number of hydrogen-bond donors (Lipinski definition) is 0. The van der Waals surface area contributed by atoms with Crippen LogP contribution in [0.25, 0.3) is 39.2 Å². The molecule has 6 rings (SSSR count). The number of imidazole rings is 1. The van der Waals surface area contributed by atoms with Crippen LogP contribution < -0.4 is 4.90 Å². The van der Waals surface area contributed by atoms with Crippen molar-refractivity contribution >= 4 is 22.5 Å². The van der Waals surface area contributed by atoms with Crippen LogP contribution in [-0.2, 0) is 7.05 Å². The van der Waals surface area contributed by atoms with Gasteiger partial charge < -0.3 is 9.80 Å². The Bertz CT molecular complexity index is 1770. The number of fused-ring (bicyclic) bond motifs is 2. The van der Waals surface area contributed by atoms with Crippen molar-refractivity contribution in [2.45, 2.75) is 18.6 Å². The number of alkyl halides is 1. The van der Waals surface area contributed by atoms with E-state index in [-0.39, 0.29) is 17.2 Å². The summed E-state index contributed by atoms with van der Waals surface area (Å²) in [6.45, 7) is 0.824. The molecule has 0 aliphatic carbocycles. The van der Waals surface area contributed by atoms with E-state index in [1.54, 1.807) is 36.0 Å². The van der Waals surface area contributed by atoms with Crippen molar-refractivity contribution in [3.63, 3.8) is 0 Å². The fourth-order valence-electron chi connectivity index (χ4n) is 5.22. The van der Waals surface area contributed by atoms with E-state index in [4.69, 9.17) is 4.98 Å². The van der Waals surface area contributed by atoms with E-state index < -0.39 is 17.8 Å². The largest absolute Gasteiger partial charge is 0.352 e. The highest BCUT2D eigenvalue weighted by molar-refractivity contribution is 5.89. The zero-order valence-corrected chi connectivity index (χ0v) is 21.5. The number of benzene rings is 2. The van der Waals surface area contributed by atoms with Crippen LogP contribution in [-0.4, -0.2) is 73.7 Å². The molecule has 4 heterocycles. The molecular formula is C27H24F3N9. The van der Waals surface area contributed by atoms with Crippen molar-refractivity contribution in [1.82, 2.24) is 34.3 Å². The van der Waals surface area contributed by atoms with Crippen LogP contribution in [0.3, 0.4) is 0 Å². The van der Waals surface area contributed by atoms with Gasteiger partial charge in [0.25, 0.3) is 0 Å². The summed E-state index contributed by atoms with van der Waals surface area (Å²) in [6.07, 6.45) is 2.60. The molecule has 1 aliphatic rings. The quantitative estimate of drug-likeness (QED) is 0.347.